The first-order chi connectivity index (χ1) is 17.7. The smallest absolute Gasteiger partial charge is 0.259 e. The lowest BCUT2D eigenvalue weighted by Crippen LogP contribution is -2.48. The van der Waals surface area contributed by atoms with E-state index in [1.807, 2.05) is 41.3 Å². The molecule has 7 rings (SSSR count). The van der Waals surface area contributed by atoms with Crippen molar-refractivity contribution in [2.45, 2.75) is 31.7 Å². The first-order valence-corrected chi connectivity index (χ1v) is 12.8. The number of hydrogen-bond acceptors (Lipinski definition) is 6. The Morgan fingerprint density at radius 1 is 1.00 bits per heavy atom. The summed E-state index contributed by atoms with van der Waals surface area (Å²) in [6.07, 6.45) is 3.21. The van der Waals surface area contributed by atoms with Gasteiger partial charge in [-0.3, -0.25) is 9.69 Å². The molecule has 7 heteroatoms. The number of piperazine rings is 1. The Kier molecular flexibility index (Phi) is 5.24. The molecule has 1 saturated heterocycles. The van der Waals surface area contributed by atoms with Crippen LogP contribution in [0.3, 0.4) is 0 Å². The minimum Gasteiger partial charge on any atom is -0.493 e. The first kappa shape index (κ1) is 21.6. The molecule has 2 aromatic carbocycles. The lowest BCUT2D eigenvalue weighted by atomic mass is 10.0. The van der Waals surface area contributed by atoms with Crippen LogP contribution in [0.25, 0.3) is 22.4 Å². The summed E-state index contributed by atoms with van der Waals surface area (Å²) in [7, 11) is 0. The van der Waals surface area contributed by atoms with Crippen LogP contribution in [0.5, 0.6) is 5.75 Å². The minimum atomic E-state index is 0.0408. The van der Waals surface area contributed by atoms with Gasteiger partial charge >= 0.3 is 0 Å². The molecule has 2 aromatic heterocycles. The molecule has 2 aliphatic heterocycles. The van der Waals surface area contributed by atoms with Gasteiger partial charge in [0.25, 0.3) is 11.6 Å². The average Bonchev–Trinajstić information content (AvgIpc) is 3.52. The number of nitrogens with zero attached hydrogens (tertiary/aromatic N) is 4. The van der Waals surface area contributed by atoms with Crippen molar-refractivity contribution in [2.75, 3.05) is 32.8 Å². The number of pyridine rings is 1. The van der Waals surface area contributed by atoms with Crippen LogP contribution in [0.4, 0.5) is 0 Å². The molecule has 2 fully saturated rings. The summed E-state index contributed by atoms with van der Waals surface area (Å²) in [6.45, 7) is 4.76. The number of carbonyl (C=O) groups is 1. The van der Waals surface area contributed by atoms with E-state index >= 15 is 0 Å². The second-order valence-corrected chi connectivity index (χ2v) is 10.1. The fourth-order valence-corrected chi connectivity index (χ4v) is 5.40. The third kappa shape index (κ3) is 3.93. The van der Waals surface area contributed by atoms with E-state index in [2.05, 4.69) is 28.3 Å². The lowest BCUT2D eigenvalue weighted by Gasteiger charge is -2.35. The van der Waals surface area contributed by atoms with Crippen molar-refractivity contribution in [3.63, 3.8) is 0 Å². The van der Waals surface area contributed by atoms with Crippen molar-refractivity contribution < 1.29 is 14.1 Å². The molecule has 4 aromatic rings. The molecule has 0 unspecified atom stereocenters. The number of rotatable bonds is 5. The summed E-state index contributed by atoms with van der Waals surface area (Å²) in [5, 5.41) is 5.05. The standard InChI is InChI=1S/C29H28N4O3/c34-29(33-13-11-32(12-14-33)18-19-6-9-25-22(16-19)10-15-35-25)23-17-24(20-7-8-20)30-28-26(23)27(31-36-28)21-4-2-1-3-5-21/h1-6,9,16-17,20H,7-8,10-15,18H2. The molecule has 3 aliphatic rings. The Balaban J connectivity index is 1.13. The summed E-state index contributed by atoms with van der Waals surface area (Å²) in [4.78, 5) is 23.0. The Morgan fingerprint density at radius 3 is 2.64 bits per heavy atom. The molecule has 0 N–H and O–H groups in total. The zero-order chi connectivity index (χ0) is 24.1. The van der Waals surface area contributed by atoms with E-state index in [1.165, 1.54) is 11.1 Å². The first-order valence-electron chi connectivity index (χ1n) is 12.8. The molecule has 1 aliphatic carbocycles. The van der Waals surface area contributed by atoms with E-state index < -0.39 is 0 Å². The predicted molar refractivity (Wildman–Crippen MR) is 136 cm³/mol. The van der Waals surface area contributed by atoms with Crippen LogP contribution in [0, 0.1) is 0 Å². The highest BCUT2D eigenvalue weighted by Crippen LogP contribution is 2.41. The summed E-state index contributed by atoms with van der Waals surface area (Å²) >= 11 is 0. The van der Waals surface area contributed by atoms with Gasteiger partial charge < -0.3 is 14.2 Å². The number of hydrogen-bond donors (Lipinski definition) is 0. The highest BCUT2D eigenvalue weighted by atomic mass is 16.5. The molecule has 0 radical (unpaired) electrons. The number of ether oxygens (including phenoxy) is 1. The quantitative estimate of drug-likeness (QED) is 0.414. The third-order valence-electron chi connectivity index (χ3n) is 7.56. The SMILES string of the molecule is O=C(c1cc(C2CC2)nc2onc(-c3ccccc3)c12)N1CCN(Cc2ccc3c(c2)CCO3)CC1. The van der Waals surface area contributed by atoms with Crippen molar-refractivity contribution in [2.24, 2.45) is 0 Å². The van der Waals surface area contributed by atoms with Crippen LogP contribution in [-0.2, 0) is 13.0 Å². The Hall–Kier alpha value is -3.71. The normalized spacial score (nSPS) is 17.8. The maximum Gasteiger partial charge on any atom is 0.259 e. The molecule has 0 spiro atoms. The third-order valence-corrected chi connectivity index (χ3v) is 7.56. The fourth-order valence-electron chi connectivity index (χ4n) is 5.40. The van der Waals surface area contributed by atoms with Gasteiger partial charge in [0.05, 0.1) is 17.6 Å². The molecule has 4 heterocycles. The summed E-state index contributed by atoms with van der Waals surface area (Å²) in [5.74, 6) is 1.48. The zero-order valence-electron chi connectivity index (χ0n) is 20.2. The van der Waals surface area contributed by atoms with Crippen LogP contribution >= 0.6 is 0 Å². The number of amides is 1. The molecule has 1 saturated carbocycles. The molecule has 0 bridgehead atoms. The topological polar surface area (TPSA) is 71.7 Å². The van der Waals surface area contributed by atoms with Gasteiger partial charge in [0.1, 0.15) is 11.4 Å². The molecular weight excluding hydrogens is 452 g/mol. The largest absolute Gasteiger partial charge is 0.493 e. The zero-order valence-corrected chi connectivity index (χ0v) is 20.2. The summed E-state index contributed by atoms with van der Waals surface area (Å²) in [6, 6.07) is 18.4. The summed E-state index contributed by atoms with van der Waals surface area (Å²) < 4.78 is 11.3. The van der Waals surface area contributed by atoms with Crippen molar-refractivity contribution >= 4 is 17.0 Å². The van der Waals surface area contributed by atoms with Gasteiger partial charge in [-0.25, -0.2) is 4.98 Å². The van der Waals surface area contributed by atoms with Crippen molar-refractivity contribution in [3.05, 3.63) is 77.0 Å². The summed E-state index contributed by atoms with van der Waals surface area (Å²) in [5.41, 5.74) is 6.29. The molecule has 182 valence electrons. The molecule has 1 amide bonds. The Bertz CT molecular complexity index is 1440. The maximum atomic E-state index is 13.9. The van der Waals surface area contributed by atoms with Gasteiger partial charge in [0.2, 0.25) is 0 Å². The highest BCUT2D eigenvalue weighted by molar-refractivity contribution is 6.09. The second-order valence-electron chi connectivity index (χ2n) is 10.1. The van der Waals surface area contributed by atoms with E-state index in [1.54, 1.807) is 0 Å². The fraction of sp³-hybridized carbons (Fsp3) is 0.345. The molecule has 7 nitrogen and oxygen atoms in total. The van der Waals surface area contributed by atoms with Crippen molar-refractivity contribution in [1.82, 2.24) is 19.9 Å². The van der Waals surface area contributed by atoms with Crippen LogP contribution in [0.15, 0.2) is 59.1 Å². The van der Waals surface area contributed by atoms with Crippen LogP contribution in [-0.4, -0.2) is 58.6 Å². The van der Waals surface area contributed by atoms with Crippen molar-refractivity contribution in [1.29, 1.82) is 0 Å². The number of fused-ring (bicyclic) bond motifs is 2. The van der Waals surface area contributed by atoms with Gasteiger partial charge in [0, 0.05) is 56.3 Å². The highest BCUT2D eigenvalue weighted by Gasteiger charge is 2.31. The van der Waals surface area contributed by atoms with Gasteiger partial charge in [-0.2, -0.15) is 0 Å². The van der Waals surface area contributed by atoms with E-state index in [4.69, 9.17) is 14.2 Å². The number of carbonyl (C=O) groups excluding carboxylic acids is 1. The van der Waals surface area contributed by atoms with Crippen LogP contribution in [0.2, 0.25) is 0 Å². The monoisotopic (exact) mass is 480 g/mol. The molecule has 0 atom stereocenters. The van der Waals surface area contributed by atoms with Gasteiger partial charge in [-0.1, -0.05) is 47.6 Å². The van der Waals surface area contributed by atoms with E-state index in [0.29, 0.717) is 36.0 Å². The second kappa shape index (κ2) is 8.75. The van der Waals surface area contributed by atoms with E-state index in [-0.39, 0.29) is 5.91 Å². The van der Waals surface area contributed by atoms with E-state index in [9.17, 15) is 4.79 Å². The number of aromatic nitrogens is 2. The van der Waals surface area contributed by atoms with Crippen LogP contribution < -0.4 is 4.74 Å². The Labute approximate surface area is 209 Å². The van der Waals surface area contributed by atoms with Gasteiger partial charge in [-0.05, 0) is 36.1 Å². The molecule has 36 heavy (non-hydrogen) atoms. The number of benzene rings is 2. The lowest BCUT2D eigenvalue weighted by molar-refractivity contribution is 0.0630. The molecular formula is C29H28N4O3. The van der Waals surface area contributed by atoms with Crippen LogP contribution in [0.1, 0.15) is 45.9 Å². The van der Waals surface area contributed by atoms with Gasteiger partial charge in [0.15, 0.2) is 0 Å². The van der Waals surface area contributed by atoms with Crippen molar-refractivity contribution in [3.8, 4) is 17.0 Å². The van der Waals surface area contributed by atoms with E-state index in [0.717, 1.165) is 67.9 Å². The Morgan fingerprint density at radius 2 is 1.83 bits per heavy atom. The van der Waals surface area contributed by atoms with Gasteiger partial charge in [-0.15, -0.1) is 0 Å². The maximum absolute atomic E-state index is 13.9. The predicted octanol–water partition coefficient (Wildman–Crippen LogP) is 4.66. The average molecular weight is 481 g/mol. The minimum absolute atomic E-state index is 0.0408.